The summed E-state index contributed by atoms with van der Waals surface area (Å²) in [7, 11) is 0. The highest BCUT2D eigenvalue weighted by Crippen LogP contribution is 2.29. The molecule has 2 fully saturated rings. The van der Waals surface area contributed by atoms with E-state index in [1.807, 2.05) is 12.1 Å². The fourth-order valence-corrected chi connectivity index (χ4v) is 4.30. The Hall–Kier alpha value is -1.37. The van der Waals surface area contributed by atoms with Crippen molar-refractivity contribution in [2.24, 2.45) is 16.8 Å². The minimum absolute atomic E-state index is 0.148. The number of anilines is 1. The molecule has 1 aliphatic carbocycles. The fourth-order valence-electron chi connectivity index (χ4n) is 3.94. The van der Waals surface area contributed by atoms with Crippen molar-refractivity contribution in [3.05, 3.63) is 28.8 Å². The third-order valence-electron chi connectivity index (χ3n) is 5.31. The van der Waals surface area contributed by atoms with Crippen LogP contribution in [0.3, 0.4) is 0 Å². The van der Waals surface area contributed by atoms with E-state index in [0.717, 1.165) is 48.4 Å². The minimum Gasteiger partial charge on any atom is -0.375 e. The number of nitrogens with two attached hydrogens (primary N) is 1. The lowest BCUT2D eigenvalue weighted by Gasteiger charge is -2.38. The maximum absolute atomic E-state index is 6.51. The first kappa shape index (κ1) is 19.4. The molecule has 7 heteroatoms. The Balaban J connectivity index is 1.52. The second-order valence-electron chi connectivity index (χ2n) is 7.24. The number of halogens is 1. The fraction of sp³-hybridized carbons (Fsp3) is 0.579. The molecule has 1 aromatic rings. The van der Waals surface area contributed by atoms with Gasteiger partial charge in [-0.3, -0.25) is 10.3 Å². The predicted molar refractivity (Wildman–Crippen MR) is 114 cm³/mol. The van der Waals surface area contributed by atoms with Crippen molar-refractivity contribution in [2.75, 3.05) is 37.6 Å². The summed E-state index contributed by atoms with van der Waals surface area (Å²) in [5, 5.41) is 4.87. The zero-order chi connectivity index (χ0) is 18.4. The van der Waals surface area contributed by atoms with Crippen LogP contribution in [0.1, 0.15) is 37.7 Å². The minimum atomic E-state index is 0.148. The molecule has 3 N–H and O–H groups in total. The van der Waals surface area contributed by atoms with Crippen molar-refractivity contribution in [1.82, 2.24) is 10.3 Å². The second kappa shape index (κ2) is 9.53. The van der Waals surface area contributed by atoms with Gasteiger partial charge in [0.05, 0.1) is 16.9 Å². The molecule has 1 saturated carbocycles. The summed E-state index contributed by atoms with van der Waals surface area (Å²) in [6.07, 6.45) is 8.76. The summed E-state index contributed by atoms with van der Waals surface area (Å²) in [4.78, 5) is 5.01. The van der Waals surface area contributed by atoms with Crippen molar-refractivity contribution in [2.45, 2.75) is 32.1 Å². The van der Waals surface area contributed by atoms with Gasteiger partial charge in [0.2, 0.25) is 0 Å². The smallest absolute Gasteiger partial charge is 0.184 e. The molecule has 142 valence electrons. The number of hydrogen-bond acceptors (Lipinski definition) is 4. The molecule has 5 nitrogen and oxygen atoms in total. The van der Waals surface area contributed by atoms with E-state index in [-0.39, 0.29) is 5.11 Å². The number of nitrogens with one attached hydrogen (secondary N) is 1. The summed E-state index contributed by atoms with van der Waals surface area (Å²) in [6.45, 7) is 5.57. The van der Waals surface area contributed by atoms with Crippen molar-refractivity contribution >= 4 is 40.8 Å². The van der Waals surface area contributed by atoms with Crippen LogP contribution in [0.4, 0.5) is 5.69 Å². The van der Waals surface area contributed by atoms with Gasteiger partial charge in [0.1, 0.15) is 0 Å². The lowest BCUT2D eigenvalue weighted by atomic mass is 9.89. The summed E-state index contributed by atoms with van der Waals surface area (Å²) in [6, 6.07) is 6.01. The molecular weight excluding hydrogens is 366 g/mol. The van der Waals surface area contributed by atoms with Gasteiger partial charge in [-0.25, -0.2) is 0 Å². The van der Waals surface area contributed by atoms with Gasteiger partial charge in [-0.05, 0) is 48.7 Å². The second-order valence-corrected chi connectivity index (χ2v) is 8.08. The van der Waals surface area contributed by atoms with E-state index in [2.05, 4.69) is 26.4 Å². The number of hydrazone groups is 1. The molecule has 0 radical (unpaired) electrons. The normalized spacial score (nSPS) is 19.8. The van der Waals surface area contributed by atoms with E-state index in [0.29, 0.717) is 0 Å². The quantitative estimate of drug-likeness (QED) is 0.457. The third kappa shape index (κ3) is 5.56. The molecule has 0 aromatic heterocycles. The molecular formula is C19H28ClN5S. The number of piperazine rings is 1. The Kier molecular flexibility index (Phi) is 7.11. The zero-order valence-electron chi connectivity index (χ0n) is 15.2. The van der Waals surface area contributed by atoms with Gasteiger partial charge in [-0.2, -0.15) is 5.10 Å². The van der Waals surface area contributed by atoms with Crippen molar-refractivity contribution in [3.8, 4) is 0 Å². The highest BCUT2D eigenvalue weighted by atomic mass is 35.5. The first-order valence-electron chi connectivity index (χ1n) is 9.47. The van der Waals surface area contributed by atoms with Crippen LogP contribution < -0.4 is 16.1 Å². The van der Waals surface area contributed by atoms with Crippen LogP contribution >= 0.6 is 23.8 Å². The molecule has 1 aliphatic heterocycles. The Labute approximate surface area is 166 Å². The monoisotopic (exact) mass is 393 g/mol. The number of benzene rings is 1. The molecule has 1 saturated heterocycles. The van der Waals surface area contributed by atoms with Crippen LogP contribution in [0.2, 0.25) is 5.02 Å². The van der Waals surface area contributed by atoms with E-state index >= 15 is 0 Å². The van der Waals surface area contributed by atoms with E-state index in [1.54, 1.807) is 6.21 Å². The SMILES string of the molecule is NC(=S)NN=Cc1ccc(N2CCN(CC3CCCCC3)CC2)c(Cl)c1. The van der Waals surface area contributed by atoms with E-state index < -0.39 is 0 Å². The molecule has 0 spiro atoms. The Morgan fingerprint density at radius 3 is 2.62 bits per heavy atom. The number of hydrogen-bond donors (Lipinski definition) is 2. The zero-order valence-corrected chi connectivity index (χ0v) is 16.7. The summed E-state index contributed by atoms with van der Waals surface area (Å²) < 4.78 is 0. The average Bonchev–Trinajstić information content (AvgIpc) is 2.63. The first-order chi connectivity index (χ1) is 12.6. The highest BCUT2D eigenvalue weighted by molar-refractivity contribution is 7.80. The topological polar surface area (TPSA) is 56.9 Å². The molecule has 0 atom stereocenters. The summed E-state index contributed by atoms with van der Waals surface area (Å²) >= 11 is 11.2. The average molecular weight is 394 g/mol. The summed E-state index contributed by atoms with van der Waals surface area (Å²) in [5.74, 6) is 0.910. The van der Waals surface area contributed by atoms with Crippen LogP contribution in [0.15, 0.2) is 23.3 Å². The molecule has 0 unspecified atom stereocenters. The van der Waals surface area contributed by atoms with Crippen LogP contribution in [0.25, 0.3) is 0 Å². The van der Waals surface area contributed by atoms with Gasteiger partial charge >= 0.3 is 0 Å². The molecule has 0 amide bonds. The van der Waals surface area contributed by atoms with E-state index in [9.17, 15) is 0 Å². The predicted octanol–water partition coefficient (Wildman–Crippen LogP) is 3.21. The lowest BCUT2D eigenvalue weighted by molar-refractivity contribution is 0.192. The van der Waals surface area contributed by atoms with E-state index in [4.69, 9.17) is 29.6 Å². The largest absolute Gasteiger partial charge is 0.375 e. The van der Waals surface area contributed by atoms with Gasteiger partial charge < -0.3 is 10.6 Å². The van der Waals surface area contributed by atoms with Crippen molar-refractivity contribution in [3.63, 3.8) is 0 Å². The van der Waals surface area contributed by atoms with Gasteiger partial charge in [-0.15, -0.1) is 0 Å². The van der Waals surface area contributed by atoms with Gasteiger partial charge in [-0.1, -0.05) is 36.9 Å². The molecule has 1 heterocycles. The third-order valence-corrected chi connectivity index (χ3v) is 5.71. The Bertz CT molecular complexity index is 637. The number of thiocarbonyl (C=S) groups is 1. The number of rotatable bonds is 5. The maximum Gasteiger partial charge on any atom is 0.184 e. The Morgan fingerprint density at radius 1 is 1.23 bits per heavy atom. The molecule has 26 heavy (non-hydrogen) atoms. The van der Waals surface area contributed by atoms with Crippen LogP contribution in [0, 0.1) is 5.92 Å². The molecule has 1 aromatic carbocycles. The van der Waals surface area contributed by atoms with Crippen LogP contribution in [-0.4, -0.2) is 49.0 Å². The van der Waals surface area contributed by atoms with Crippen molar-refractivity contribution in [1.29, 1.82) is 0 Å². The molecule has 0 bridgehead atoms. The van der Waals surface area contributed by atoms with Crippen LogP contribution in [0.5, 0.6) is 0 Å². The standard InChI is InChI=1S/C19H28ClN5S/c20-17-12-16(13-22-23-19(21)26)6-7-18(17)25-10-8-24(9-11-25)14-15-4-2-1-3-5-15/h6-7,12-13,15H,1-5,8-11,14H2,(H3,21,23,26). The maximum atomic E-state index is 6.51. The van der Waals surface area contributed by atoms with Gasteiger partial charge in [0.25, 0.3) is 0 Å². The van der Waals surface area contributed by atoms with Crippen molar-refractivity contribution < 1.29 is 0 Å². The Morgan fingerprint density at radius 2 is 1.96 bits per heavy atom. The summed E-state index contributed by atoms with van der Waals surface area (Å²) in [5.41, 5.74) is 9.91. The van der Waals surface area contributed by atoms with Gasteiger partial charge in [0.15, 0.2) is 5.11 Å². The molecule has 2 aliphatic rings. The first-order valence-corrected chi connectivity index (χ1v) is 10.3. The van der Waals surface area contributed by atoms with Gasteiger partial charge in [0, 0.05) is 32.7 Å². The number of nitrogens with zero attached hydrogens (tertiary/aromatic N) is 3. The molecule has 3 rings (SSSR count). The van der Waals surface area contributed by atoms with Crippen LogP contribution in [-0.2, 0) is 0 Å². The lowest BCUT2D eigenvalue weighted by Crippen LogP contribution is -2.48. The van der Waals surface area contributed by atoms with E-state index in [1.165, 1.54) is 38.6 Å². The highest BCUT2D eigenvalue weighted by Gasteiger charge is 2.22.